The molecule has 1 spiro atoms. The number of aromatic nitrogens is 2. The molecule has 4 heterocycles. The lowest BCUT2D eigenvalue weighted by Crippen LogP contribution is -2.64. The van der Waals surface area contributed by atoms with Crippen LogP contribution in [0.1, 0.15) is 48.6 Å². The summed E-state index contributed by atoms with van der Waals surface area (Å²) in [5.41, 5.74) is 3.32. The van der Waals surface area contributed by atoms with Gasteiger partial charge >= 0.3 is 6.03 Å². The molecule has 2 aromatic heterocycles. The van der Waals surface area contributed by atoms with Crippen LogP contribution in [0, 0.1) is 0 Å². The van der Waals surface area contributed by atoms with E-state index in [0.717, 1.165) is 29.7 Å². The highest BCUT2D eigenvalue weighted by atomic mass is 16.5. The third-order valence-electron chi connectivity index (χ3n) is 6.58. The lowest BCUT2D eigenvalue weighted by molar-refractivity contribution is -0.138. The molecule has 6 rings (SSSR count). The van der Waals surface area contributed by atoms with Crippen molar-refractivity contribution < 1.29 is 19.1 Å². The first-order valence-electron chi connectivity index (χ1n) is 11.0. The van der Waals surface area contributed by atoms with Gasteiger partial charge in [0, 0.05) is 12.4 Å². The van der Waals surface area contributed by atoms with Gasteiger partial charge in [0.15, 0.2) is 11.2 Å². The first kappa shape index (κ1) is 19.5. The Bertz CT molecular complexity index is 1210. The van der Waals surface area contributed by atoms with Crippen molar-refractivity contribution in [2.75, 3.05) is 18.1 Å². The van der Waals surface area contributed by atoms with Crippen molar-refractivity contribution in [2.24, 2.45) is 0 Å². The summed E-state index contributed by atoms with van der Waals surface area (Å²) in [5.74, 6) is 0.167. The Balaban J connectivity index is 1.38. The molecule has 1 atom stereocenters. The first-order chi connectivity index (χ1) is 15.5. The highest BCUT2D eigenvalue weighted by Crippen LogP contribution is 2.44. The van der Waals surface area contributed by atoms with E-state index in [1.807, 2.05) is 53.9 Å². The number of ether oxygens (including phenoxy) is 2. The van der Waals surface area contributed by atoms with Crippen LogP contribution in [0.4, 0.5) is 10.5 Å². The van der Waals surface area contributed by atoms with Crippen molar-refractivity contribution in [1.29, 1.82) is 0 Å². The average Bonchev–Trinajstić information content (AvgIpc) is 3.46. The summed E-state index contributed by atoms with van der Waals surface area (Å²) in [6.45, 7) is 2.84. The number of amides is 3. The van der Waals surface area contributed by atoms with Gasteiger partial charge in [0.1, 0.15) is 0 Å². The minimum Gasteiger partial charge on any atom is -0.375 e. The predicted molar refractivity (Wildman–Crippen MR) is 116 cm³/mol. The van der Waals surface area contributed by atoms with Crippen LogP contribution < -0.4 is 10.2 Å². The van der Waals surface area contributed by atoms with E-state index < -0.39 is 11.6 Å². The number of imidazole rings is 1. The third kappa shape index (κ3) is 3.02. The molecule has 164 valence electrons. The van der Waals surface area contributed by atoms with Gasteiger partial charge in [-0.3, -0.25) is 15.0 Å². The van der Waals surface area contributed by atoms with E-state index in [9.17, 15) is 9.59 Å². The van der Waals surface area contributed by atoms with Crippen LogP contribution in [0.25, 0.3) is 5.65 Å². The molecule has 3 aromatic rings. The van der Waals surface area contributed by atoms with Crippen molar-refractivity contribution in [3.8, 4) is 0 Å². The topological polar surface area (TPSA) is 85.2 Å². The molecule has 2 saturated heterocycles. The second-order valence-electron chi connectivity index (χ2n) is 8.89. The number of imide groups is 1. The van der Waals surface area contributed by atoms with Crippen molar-refractivity contribution in [2.45, 2.75) is 43.9 Å². The fourth-order valence-corrected chi connectivity index (χ4v) is 4.46. The monoisotopic (exact) mass is 432 g/mol. The zero-order valence-corrected chi connectivity index (χ0v) is 17.8. The van der Waals surface area contributed by atoms with Crippen LogP contribution in [-0.4, -0.2) is 40.1 Å². The third-order valence-corrected chi connectivity index (χ3v) is 6.58. The summed E-state index contributed by atoms with van der Waals surface area (Å²) >= 11 is 0. The Morgan fingerprint density at radius 2 is 2.00 bits per heavy atom. The highest BCUT2D eigenvalue weighted by Gasteiger charge is 2.59. The standard InChI is InChI=1S/C24H24N4O4/c1-15(32-12-16-5-3-2-4-6-16)19-11-27-10-18(17-7-8-17)9-20(21(27)25-19)28-23(30)26-22(29)24(28)13-31-14-24/h2-6,9-11,15,17H,7-8,12-14H2,1H3,(H,26,29,30). The smallest absolute Gasteiger partial charge is 0.329 e. The molecule has 3 aliphatic rings. The minimum absolute atomic E-state index is 0.189. The Morgan fingerprint density at radius 3 is 2.69 bits per heavy atom. The van der Waals surface area contributed by atoms with E-state index >= 15 is 0 Å². The van der Waals surface area contributed by atoms with Crippen molar-refractivity contribution in [3.63, 3.8) is 0 Å². The molecular weight excluding hydrogens is 408 g/mol. The van der Waals surface area contributed by atoms with Gasteiger partial charge < -0.3 is 13.9 Å². The number of nitrogens with zero attached hydrogens (tertiary/aromatic N) is 3. The van der Waals surface area contributed by atoms with Crippen molar-refractivity contribution >= 4 is 23.3 Å². The molecule has 3 fully saturated rings. The van der Waals surface area contributed by atoms with Crippen LogP contribution in [0.5, 0.6) is 0 Å². The predicted octanol–water partition coefficient (Wildman–Crippen LogP) is 3.31. The average molecular weight is 432 g/mol. The molecule has 8 heteroatoms. The SMILES string of the molecule is CC(OCc1ccccc1)c1cn2cc(C3CC3)cc(N3C(=O)NC(=O)C34COC4)c2n1. The molecule has 1 aliphatic carbocycles. The van der Waals surface area contributed by atoms with E-state index in [-0.39, 0.29) is 25.2 Å². The summed E-state index contributed by atoms with van der Waals surface area (Å²) < 4.78 is 13.4. The van der Waals surface area contributed by atoms with Crippen LogP contribution in [0.2, 0.25) is 0 Å². The number of carbonyl (C=O) groups excluding carboxylic acids is 2. The van der Waals surface area contributed by atoms with E-state index in [1.54, 1.807) is 4.90 Å². The molecule has 1 N–H and O–H groups in total. The van der Waals surface area contributed by atoms with Crippen LogP contribution in [0.15, 0.2) is 48.8 Å². The number of fused-ring (bicyclic) bond motifs is 1. The molecule has 3 amide bonds. The number of pyridine rings is 1. The maximum atomic E-state index is 12.8. The largest absolute Gasteiger partial charge is 0.375 e. The molecule has 1 aromatic carbocycles. The normalized spacial score (nSPS) is 20.6. The Labute approximate surface area is 185 Å². The molecule has 1 saturated carbocycles. The van der Waals surface area contributed by atoms with Crippen LogP contribution in [-0.2, 0) is 20.9 Å². The highest BCUT2D eigenvalue weighted by molar-refractivity contribution is 6.18. The Kier molecular flexibility index (Phi) is 4.34. The number of nitrogens with one attached hydrogen (secondary N) is 1. The van der Waals surface area contributed by atoms with Gasteiger partial charge in [-0.15, -0.1) is 0 Å². The molecule has 8 nitrogen and oxygen atoms in total. The fraction of sp³-hybridized carbons (Fsp3) is 0.375. The summed E-state index contributed by atoms with van der Waals surface area (Å²) in [6, 6.07) is 11.6. The zero-order valence-electron chi connectivity index (χ0n) is 17.8. The summed E-state index contributed by atoms with van der Waals surface area (Å²) in [5, 5.41) is 2.46. The lowest BCUT2D eigenvalue weighted by atomic mass is 9.95. The molecule has 0 radical (unpaired) electrons. The van der Waals surface area contributed by atoms with E-state index in [1.165, 1.54) is 0 Å². The minimum atomic E-state index is -0.985. The van der Waals surface area contributed by atoms with E-state index in [0.29, 0.717) is 23.9 Å². The van der Waals surface area contributed by atoms with Gasteiger partial charge in [-0.05, 0) is 42.9 Å². The number of hydrogen-bond donors (Lipinski definition) is 1. The summed E-state index contributed by atoms with van der Waals surface area (Å²) in [6.07, 6.45) is 6.06. The molecule has 32 heavy (non-hydrogen) atoms. The molecule has 2 aliphatic heterocycles. The van der Waals surface area contributed by atoms with Crippen LogP contribution in [0.3, 0.4) is 0 Å². The molecule has 0 bridgehead atoms. The van der Waals surface area contributed by atoms with Gasteiger partial charge in [-0.25, -0.2) is 9.78 Å². The number of hydrogen-bond acceptors (Lipinski definition) is 5. The summed E-state index contributed by atoms with van der Waals surface area (Å²) in [4.78, 5) is 31.8. The van der Waals surface area contributed by atoms with Gasteiger partial charge in [0.05, 0.1) is 37.3 Å². The summed E-state index contributed by atoms with van der Waals surface area (Å²) in [7, 11) is 0. The number of benzene rings is 1. The van der Waals surface area contributed by atoms with Crippen LogP contribution >= 0.6 is 0 Å². The molecular formula is C24H24N4O4. The lowest BCUT2D eigenvalue weighted by Gasteiger charge is -2.41. The maximum absolute atomic E-state index is 12.8. The van der Waals surface area contributed by atoms with Gasteiger partial charge in [0.25, 0.3) is 5.91 Å². The van der Waals surface area contributed by atoms with Gasteiger partial charge in [0.2, 0.25) is 0 Å². The molecule has 1 unspecified atom stereocenters. The second kappa shape index (κ2) is 7.15. The maximum Gasteiger partial charge on any atom is 0.329 e. The zero-order chi connectivity index (χ0) is 21.9. The van der Waals surface area contributed by atoms with Crippen molar-refractivity contribution in [1.82, 2.24) is 14.7 Å². The Hall–Kier alpha value is -3.23. The fourth-order valence-electron chi connectivity index (χ4n) is 4.46. The van der Waals surface area contributed by atoms with E-state index in [4.69, 9.17) is 14.5 Å². The Morgan fingerprint density at radius 1 is 1.22 bits per heavy atom. The quantitative estimate of drug-likeness (QED) is 0.604. The first-order valence-corrected chi connectivity index (χ1v) is 11.0. The number of anilines is 1. The van der Waals surface area contributed by atoms with Crippen molar-refractivity contribution in [3.05, 3.63) is 65.6 Å². The second-order valence-corrected chi connectivity index (χ2v) is 8.89. The number of carbonyl (C=O) groups is 2. The van der Waals surface area contributed by atoms with Gasteiger partial charge in [-0.2, -0.15) is 0 Å². The van der Waals surface area contributed by atoms with E-state index in [2.05, 4.69) is 11.5 Å². The number of urea groups is 1. The number of rotatable bonds is 6. The van der Waals surface area contributed by atoms with Gasteiger partial charge in [-0.1, -0.05) is 30.3 Å².